The van der Waals surface area contributed by atoms with E-state index < -0.39 is 0 Å². The van der Waals surface area contributed by atoms with Crippen LogP contribution in [0.3, 0.4) is 0 Å². The van der Waals surface area contributed by atoms with Gasteiger partial charge >= 0.3 is 0 Å². The third-order valence-corrected chi connectivity index (χ3v) is 3.52. The van der Waals surface area contributed by atoms with Crippen LogP contribution in [-0.2, 0) is 11.3 Å². The van der Waals surface area contributed by atoms with Crippen molar-refractivity contribution in [3.05, 3.63) is 34.3 Å². The summed E-state index contributed by atoms with van der Waals surface area (Å²) in [5, 5.41) is 3.52. The van der Waals surface area contributed by atoms with Crippen LogP contribution in [0.4, 0.5) is 0 Å². The maximum atomic E-state index is 5.70. The van der Waals surface area contributed by atoms with E-state index in [0.29, 0.717) is 6.61 Å². The fourth-order valence-electron chi connectivity index (χ4n) is 1.96. The molecule has 0 aliphatic rings. The van der Waals surface area contributed by atoms with Gasteiger partial charge in [-0.05, 0) is 57.9 Å². The van der Waals surface area contributed by atoms with Crippen LogP contribution in [-0.4, -0.2) is 18.7 Å². The summed E-state index contributed by atoms with van der Waals surface area (Å²) in [4.78, 5) is 0. The highest BCUT2D eigenvalue weighted by Gasteiger charge is 2.06. The van der Waals surface area contributed by atoms with E-state index in [1.165, 1.54) is 24.8 Å². The molecule has 1 rings (SSSR count). The number of hydrogen-bond donors (Lipinski definition) is 1. The molecular weight excluding hydrogens is 314 g/mol. The van der Waals surface area contributed by atoms with Crippen LogP contribution in [0.5, 0.6) is 0 Å². The maximum absolute atomic E-state index is 5.70. The first-order chi connectivity index (χ1) is 9.47. The van der Waals surface area contributed by atoms with Gasteiger partial charge in [0.1, 0.15) is 0 Å². The van der Waals surface area contributed by atoms with Gasteiger partial charge in [0.25, 0.3) is 0 Å². The molecule has 20 heavy (non-hydrogen) atoms. The van der Waals surface area contributed by atoms with E-state index in [4.69, 9.17) is 4.74 Å². The van der Waals surface area contributed by atoms with Crippen LogP contribution in [0.25, 0.3) is 0 Å². The van der Waals surface area contributed by atoms with Gasteiger partial charge in [-0.1, -0.05) is 40.9 Å². The Morgan fingerprint density at radius 1 is 1.10 bits per heavy atom. The summed E-state index contributed by atoms with van der Waals surface area (Å²) in [5.74, 6) is 0. The van der Waals surface area contributed by atoms with Crippen LogP contribution in [0, 0.1) is 0 Å². The Hall–Kier alpha value is -0.380. The van der Waals surface area contributed by atoms with Crippen LogP contribution >= 0.6 is 15.9 Å². The number of hydrogen-bond acceptors (Lipinski definition) is 2. The Labute approximate surface area is 132 Å². The summed E-state index contributed by atoms with van der Waals surface area (Å²) < 4.78 is 6.81. The molecule has 0 saturated heterocycles. The molecule has 0 aliphatic carbocycles. The molecule has 0 atom stereocenters. The van der Waals surface area contributed by atoms with Gasteiger partial charge in [-0.2, -0.15) is 0 Å². The highest BCUT2D eigenvalue weighted by Crippen LogP contribution is 2.12. The van der Waals surface area contributed by atoms with Gasteiger partial charge in [0.05, 0.1) is 6.61 Å². The molecule has 0 fully saturated rings. The zero-order chi connectivity index (χ0) is 14.8. The Morgan fingerprint density at radius 3 is 2.55 bits per heavy atom. The minimum Gasteiger partial charge on any atom is -0.377 e. The van der Waals surface area contributed by atoms with Crippen LogP contribution in [0.2, 0.25) is 0 Å². The zero-order valence-electron chi connectivity index (χ0n) is 13.0. The van der Waals surface area contributed by atoms with Crippen molar-refractivity contribution in [1.82, 2.24) is 5.32 Å². The molecule has 0 radical (unpaired) electrons. The van der Waals surface area contributed by atoms with Crippen LogP contribution in [0.1, 0.15) is 52.0 Å². The lowest BCUT2D eigenvalue weighted by Crippen LogP contribution is -2.36. The predicted molar refractivity (Wildman–Crippen MR) is 90.0 cm³/mol. The average Bonchev–Trinajstić information content (AvgIpc) is 2.35. The fourth-order valence-corrected chi connectivity index (χ4v) is 2.41. The molecule has 0 saturated carbocycles. The Balaban J connectivity index is 1.93. The second kappa shape index (κ2) is 9.54. The normalized spacial score (nSPS) is 11.8. The zero-order valence-corrected chi connectivity index (χ0v) is 14.6. The second-order valence-electron chi connectivity index (χ2n) is 6.27. The molecule has 0 aromatic heterocycles. The molecule has 114 valence electrons. The van der Waals surface area contributed by atoms with Crippen molar-refractivity contribution >= 4 is 15.9 Å². The van der Waals surface area contributed by atoms with Gasteiger partial charge in [-0.15, -0.1) is 0 Å². The molecule has 0 unspecified atom stereocenters. The molecule has 0 heterocycles. The fraction of sp³-hybridized carbons (Fsp3) is 0.647. The lowest BCUT2D eigenvalue weighted by Gasteiger charge is -2.20. The van der Waals surface area contributed by atoms with E-state index in [-0.39, 0.29) is 5.54 Å². The number of ether oxygens (including phenoxy) is 1. The lowest BCUT2D eigenvalue weighted by molar-refractivity contribution is 0.116. The van der Waals surface area contributed by atoms with Crippen molar-refractivity contribution in [3.63, 3.8) is 0 Å². The number of rotatable bonds is 9. The van der Waals surface area contributed by atoms with Crippen LogP contribution in [0.15, 0.2) is 28.7 Å². The first kappa shape index (κ1) is 17.7. The van der Waals surface area contributed by atoms with E-state index in [1.807, 2.05) is 12.1 Å². The Kier molecular flexibility index (Phi) is 8.43. The van der Waals surface area contributed by atoms with E-state index in [0.717, 1.165) is 24.0 Å². The summed E-state index contributed by atoms with van der Waals surface area (Å²) in [7, 11) is 0. The predicted octanol–water partition coefficient (Wildman–Crippen LogP) is 4.91. The lowest BCUT2D eigenvalue weighted by atomic mass is 10.1. The Morgan fingerprint density at radius 2 is 1.85 bits per heavy atom. The SMILES string of the molecule is CC(C)(C)NCCCCCCOCc1cccc(Br)c1. The largest absolute Gasteiger partial charge is 0.377 e. The molecule has 2 nitrogen and oxygen atoms in total. The molecule has 1 aromatic carbocycles. The van der Waals surface area contributed by atoms with Gasteiger partial charge in [-0.25, -0.2) is 0 Å². The summed E-state index contributed by atoms with van der Waals surface area (Å²) in [6.07, 6.45) is 4.94. The standard InChI is InChI=1S/C17H28BrNO/c1-17(2,3)19-11-6-4-5-7-12-20-14-15-9-8-10-16(18)13-15/h8-10,13,19H,4-7,11-12,14H2,1-3H3. The first-order valence-electron chi connectivity index (χ1n) is 7.54. The summed E-state index contributed by atoms with van der Waals surface area (Å²) in [6.45, 7) is 9.32. The molecule has 1 aromatic rings. The van der Waals surface area contributed by atoms with Crippen molar-refractivity contribution < 1.29 is 4.74 Å². The van der Waals surface area contributed by atoms with Gasteiger partial charge < -0.3 is 10.1 Å². The molecule has 3 heteroatoms. The van der Waals surface area contributed by atoms with Gasteiger partial charge in [-0.3, -0.25) is 0 Å². The minimum atomic E-state index is 0.243. The van der Waals surface area contributed by atoms with Crippen molar-refractivity contribution in [2.75, 3.05) is 13.2 Å². The maximum Gasteiger partial charge on any atom is 0.0717 e. The number of nitrogens with one attached hydrogen (secondary N) is 1. The molecule has 0 aliphatic heterocycles. The van der Waals surface area contributed by atoms with Crippen molar-refractivity contribution in [3.8, 4) is 0 Å². The molecule has 1 N–H and O–H groups in total. The molecular formula is C17H28BrNO. The van der Waals surface area contributed by atoms with Gasteiger partial charge in [0.2, 0.25) is 0 Å². The van der Waals surface area contributed by atoms with Crippen LogP contribution < -0.4 is 5.32 Å². The smallest absolute Gasteiger partial charge is 0.0717 e. The topological polar surface area (TPSA) is 21.3 Å². The number of benzene rings is 1. The number of unbranched alkanes of at least 4 members (excludes halogenated alkanes) is 3. The third-order valence-electron chi connectivity index (χ3n) is 3.03. The molecule has 0 bridgehead atoms. The summed E-state index contributed by atoms with van der Waals surface area (Å²) in [5.41, 5.74) is 1.47. The summed E-state index contributed by atoms with van der Waals surface area (Å²) >= 11 is 3.47. The Bertz CT molecular complexity index is 373. The monoisotopic (exact) mass is 341 g/mol. The first-order valence-corrected chi connectivity index (χ1v) is 8.34. The highest BCUT2D eigenvalue weighted by atomic mass is 79.9. The quantitative estimate of drug-likeness (QED) is 0.644. The number of halogens is 1. The van der Waals surface area contributed by atoms with Crippen molar-refractivity contribution in [1.29, 1.82) is 0 Å². The average molecular weight is 342 g/mol. The van der Waals surface area contributed by atoms with Crippen molar-refractivity contribution in [2.45, 2.75) is 58.6 Å². The summed E-state index contributed by atoms with van der Waals surface area (Å²) in [6, 6.07) is 8.29. The molecule has 0 spiro atoms. The minimum absolute atomic E-state index is 0.243. The third kappa shape index (κ3) is 9.51. The van der Waals surface area contributed by atoms with Crippen molar-refractivity contribution in [2.24, 2.45) is 0 Å². The van der Waals surface area contributed by atoms with E-state index in [2.05, 4.69) is 54.2 Å². The van der Waals surface area contributed by atoms with Gasteiger partial charge in [0.15, 0.2) is 0 Å². The molecule has 0 amide bonds. The van der Waals surface area contributed by atoms with Gasteiger partial charge in [0, 0.05) is 16.6 Å². The highest BCUT2D eigenvalue weighted by molar-refractivity contribution is 9.10. The second-order valence-corrected chi connectivity index (χ2v) is 7.19. The van der Waals surface area contributed by atoms with E-state index in [9.17, 15) is 0 Å². The van der Waals surface area contributed by atoms with E-state index in [1.54, 1.807) is 0 Å². The van der Waals surface area contributed by atoms with E-state index >= 15 is 0 Å².